The standard InChI is InChI=1S/C34H35Cl3N8/c1-34(2,3)44-14-12-27(13-15-44)45-20-30(42-43-45)32(21-4-6-23(35)7-5-21)41-26-16-28-31(40-25-10-8-24(36)9-11-25)22(18-38)19-39-33(28)29(37)17-26/h4-11,16-17,19-20,27,32,41-43H,12-15H2,1-3H3,(H,39,40)/t32-/m0/s1. The van der Waals surface area contributed by atoms with Crippen LogP contribution in [0.3, 0.4) is 0 Å². The number of aromatic nitrogens is 1. The molecule has 3 aromatic carbocycles. The molecule has 0 amide bonds. The van der Waals surface area contributed by atoms with E-state index < -0.39 is 0 Å². The third-order valence-electron chi connectivity index (χ3n) is 8.40. The van der Waals surface area contributed by atoms with Crippen molar-refractivity contribution < 1.29 is 0 Å². The number of halogens is 3. The second-order valence-corrected chi connectivity index (χ2v) is 13.7. The number of hydrazine groups is 2. The topological polar surface area (TPSA) is 91.3 Å². The van der Waals surface area contributed by atoms with E-state index in [1.54, 1.807) is 12.1 Å². The summed E-state index contributed by atoms with van der Waals surface area (Å²) < 4.78 is 0. The number of rotatable bonds is 7. The number of fused-ring (bicyclic) bond motifs is 1. The summed E-state index contributed by atoms with van der Waals surface area (Å²) in [7, 11) is 0. The van der Waals surface area contributed by atoms with Crippen molar-refractivity contribution in [2.75, 3.05) is 23.7 Å². The quantitative estimate of drug-likeness (QED) is 0.157. The first kappa shape index (κ1) is 31.3. The van der Waals surface area contributed by atoms with Crippen molar-refractivity contribution in [2.24, 2.45) is 0 Å². The van der Waals surface area contributed by atoms with Gasteiger partial charge in [0.15, 0.2) is 0 Å². The lowest BCUT2D eigenvalue weighted by atomic mass is 9.98. The van der Waals surface area contributed by atoms with Crippen LogP contribution in [0.25, 0.3) is 10.9 Å². The largest absolute Gasteiger partial charge is 0.373 e. The van der Waals surface area contributed by atoms with Gasteiger partial charge in [-0.25, -0.2) is 0 Å². The first-order valence-corrected chi connectivity index (χ1v) is 16.1. The van der Waals surface area contributed by atoms with Gasteiger partial charge in [-0.1, -0.05) is 46.9 Å². The number of piperidine rings is 1. The van der Waals surface area contributed by atoms with Crippen molar-refractivity contribution in [1.82, 2.24) is 25.9 Å². The predicted molar refractivity (Wildman–Crippen MR) is 185 cm³/mol. The number of nitrogens with one attached hydrogen (secondary N) is 4. The molecule has 6 rings (SSSR count). The van der Waals surface area contributed by atoms with Gasteiger partial charge in [-0.15, -0.1) is 5.53 Å². The minimum absolute atomic E-state index is 0.168. The molecular weight excluding hydrogens is 627 g/mol. The van der Waals surface area contributed by atoms with Crippen LogP contribution in [0.1, 0.15) is 50.8 Å². The van der Waals surface area contributed by atoms with Crippen molar-refractivity contribution in [3.63, 3.8) is 0 Å². The molecule has 0 saturated carbocycles. The Morgan fingerprint density at radius 3 is 2.27 bits per heavy atom. The Morgan fingerprint density at radius 1 is 0.956 bits per heavy atom. The SMILES string of the molecule is CC(C)(C)N1CCC(N2C=C([C@@H](Nc3cc(Cl)c4ncc(C#N)c(Nc5ccc(Cl)cc5)c4c3)c3ccc(Cl)cc3)NN2)CC1. The zero-order valence-corrected chi connectivity index (χ0v) is 27.6. The number of hydrogen-bond donors (Lipinski definition) is 4. The van der Waals surface area contributed by atoms with E-state index in [1.165, 1.54) is 6.20 Å². The van der Waals surface area contributed by atoms with E-state index >= 15 is 0 Å². The Morgan fingerprint density at radius 2 is 1.62 bits per heavy atom. The maximum absolute atomic E-state index is 9.94. The van der Waals surface area contributed by atoms with Gasteiger partial charge in [0.1, 0.15) is 6.07 Å². The molecule has 0 radical (unpaired) electrons. The van der Waals surface area contributed by atoms with Crippen LogP contribution >= 0.6 is 34.8 Å². The zero-order chi connectivity index (χ0) is 31.7. The molecule has 0 bridgehead atoms. The summed E-state index contributed by atoms with van der Waals surface area (Å²) in [4.78, 5) is 7.06. The molecule has 1 fully saturated rings. The van der Waals surface area contributed by atoms with Gasteiger partial charge in [0, 0.05) is 63.9 Å². The van der Waals surface area contributed by atoms with Gasteiger partial charge < -0.3 is 16.1 Å². The van der Waals surface area contributed by atoms with Crippen molar-refractivity contribution in [3.05, 3.63) is 105 Å². The number of likely N-dealkylation sites (tertiary alicyclic amines) is 1. The fourth-order valence-electron chi connectivity index (χ4n) is 5.90. The van der Waals surface area contributed by atoms with Gasteiger partial charge in [-0.05, 0) is 87.7 Å². The highest BCUT2D eigenvalue weighted by atomic mass is 35.5. The van der Waals surface area contributed by atoms with Crippen LogP contribution in [-0.4, -0.2) is 39.6 Å². The van der Waals surface area contributed by atoms with Gasteiger partial charge in [0.25, 0.3) is 0 Å². The van der Waals surface area contributed by atoms with Gasteiger partial charge in [0.2, 0.25) is 0 Å². The van der Waals surface area contributed by atoms with E-state index in [9.17, 15) is 5.26 Å². The normalized spacial score (nSPS) is 16.6. The molecule has 0 spiro atoms. The molecule has 1 aromatic heterocycles. The highest BCUT2D eigenvalue weighted by molar-refractivity contribution is 6.36. The number of pyridine rings is 1. The molecule has 4 aromatic rings. The fraction of sp³-hybridized carbons (Fsp3) is 0.294. The third kappa shape index (κ3) is 6.94. The lowest BCUT2D eigenvalue weighted by molar-refractivity contribution is 0.0570. The van der Waals surface area contributed by atoms with Gasteiger partial charge in [-0.3, -0.25) is 14.9 Å². The molecule has 2 aliphatic heterocycles. The average molecular weight is 662 g/mol. The Balaban J connectivity index is 1.33. The minimum atomic E-state index is -0.261. The molecule has 232 valence electrons. The summed E-state index contributed by atoms with van der Waals surface area (Å²) in [6.07, 6.45) is 5.81. The lowest BCUT2D eigenvalue weighted by Gasteiger charge is -2.42. The highest BCUT2D eigenvalue weighted by Crippen LogP contribution is 2.37. The lowest BCUT2D eigenvalue weighted by Crippen LogP contribution is -2.52. The minimum Gasteiger partial charge on any atom is -0.373 e. The van der Waals surface area contributed by atoms with E-state index in [2.05, 4.69) is 69.5 Å². The number of benzene rings is 3. The van der Waals surface area contributed by atoms with Crippen LogP contribution in [0.15, 0.2) is 78.8 Å². The molecule has 1 saturated heterocycles. The van der Waals surface area contributed by atoms with Gasteiger partial charge >= 0.3 is 0 Å². The second kappa shape index (κ2) is 13.0. The van der Waals surface area contributed by atoms with Crippen LogP contribution in [0.4, 0.5) is 17.1 Å². The second-order valence-electron chi connectivity index (χ2n) is 12.4. The van der Waals surface area contributed by atoms with Crippen LogP contribution in [0, 0.1) is 11.3 Å². The summed E-state index contributed by atoms with van der Waals surface area (Å²) in [5, 5.41) is 21.7. The van der Waals surface area contributed by atoms with Gasteiger partial charge in [0.05, 0.1) is 33.5 Å². The van der Waals surface area contributed by atoms with Crippen molar-refractivity contribution in [2.45, 2.75) is 51.2 Å². The summed E-state index contributed by atoms with van der Waals surface area (Å²) >= 11 is 19.2. The molecule has 2 aliphatic rings. The Hall–Kier alpha value is -3.71. The van der Waals surface area contributed by atoms with Crippen molar-refractivity contribution in [3.8, 4) is 6.07 Å². The number of anilines is 3. The van der Waals surface area contributed by atoms with E-state index in [0.29, 0.717) is 43.3 Å². The van der Waals surface area contributed by atoms with Gasteiger partial charge in [-0.2, -0.15) is 5.26 Å². The molecule has 1 atom stereocenters. The first-order chi connectivity index (χ1) is 21.6. The zero-order valence-electron chi connectivity index (χ0n) is 25.3. The molecular formula is C34H35Cl3N8. The molecule has 11 heteroatoms. The maximum Gasteiger partial charge on any atom is 0.103 e. The van der Waals surface area contributed by atoms with Crippen LogP contribution in [-0.2, 0) is 0 Å². The molecule has 3 heterocycles. The molecule has 4 N–H and O–H groups in total. The summed E-state index contributed by atoms with van der Waals surface area (Å²) in [6.45, 7) is 8.92. The van der Waals surface area contributed by atoms with Crippen LogP contribution in [0.2, 0.25) is 15.1 Å². The maximum atomic E-state index is 9.94. The van der Waals surface area contributed by atoms with Crippen LogP contribution in [0.5, 0.6) is 0 Å². The number of nitrogens with zero attached hydrogens (tertiary/aromatic N) is 4. The Labute approximate surface area is 278 Å². The molecule has 0 aliphatic carbocycles. The average Bonchev–Trinajstić information content (AvgIpc) is 3.51. The monoisotopic (exact) mass is 660 g/mol. The predicted octanol–water partition coefficient (Wildman–Crippen LogP) is 8.39. The van der Waals surface area contributed by atoms with E-state index in [4.69, 9.17) is 34.8 Å². The fourth-order valence-corrected chi connectivity index (χ4v) is 6.42. The van der Waals surface area contributed by atoms with Crippen molar-refractivity contribution >= 4 is 62.8 Å². The molecule has 0 unspecified atom stereocenters. The third-order valence-corrected chi connectivity index (χ3v) is 9.19. The molecule has 45 heavy (non-hydrogen) atoms. The molecule has 8 nitrogen and oxygen atoms in total. The van der Waals surface area contributed by atoms with E-state index in [0.717, 1.165) is 48.6 Å². The highest BCUT2D eigenvalue weighted by Gasteiger charge is 2.32. The smallest absolute Gasteiger partial charge is 0.103 e. The van der Waals surface area contributed by atoms with E-state index in [-0.39, 0.29) is 11.6 Å². The summed E-state index contributed by atoms with van der Waals surface area (Å²) in [5.74, 6) is 0. The number of hydrogen-bond acceptors (Lipinski definition) is 8. The first-order valence-electron chi connectivity index (χ1n) is 14.9. The van der Waals surface area contributed by atoms with E-state index in [1.807, 2.05) is 48.5 Å². The van der Waals surface area contributed by atoms with Crippen molar-refractivity contribution in [1.29, 1.82) is 5.26 Å². The Kier molecular flexibility index (Phi) is 9.00. The Bertz CT molecular complexity index is 1750. The summed E-state index contributed by atoms with van der Waals surface area (Å²) in [6, 6.07) is 21.3. The van der Waals surface area contributed by atoms with Crippen LogP contribution < -0.4 is 21.6 Å². The summed E-state index contributed by atoms with van der Waals surface area (Å²) in [5.41, 5.74) is 12.1. The number of nitriles is 1.